The van der Waals surface area contributed by atoms with Crippen LogP contribution in [0.5, 0.6) is 11.5 Å². The maximum absolute atomic E-state index is 6.50. The molecular formula is C17H18ClNO2. The van der Waals surface area contributed by atoms with E-state index in [2.05, 4.69) is 6.07 Å². The summed E-state index contributed by atoms with van der Waals surface area (Å²) < 4.78 is 11.0. The van der Waals surface area contributed by atoms with E-state index in [-0.39, 0.29) is 12.0 Å². The molecular weight excluding hydrogens is 286 g/mol. The van der Waals surface area contributed by atoms with Crippen LogP contribution in [0.3, 0.4) is 0 Å². The third kappa shape index (κ3) is 2.71. The number of para-hydroxylation sites is 1. The average Bonchev–Trinajstić information content (AvgIpc) is 2.54. The second-order valence-corrected chi connectivity index (χ2v) is 5.61. The molecule has 1 heterocycles. The van der Waals surface area contributed by atoms with E-state index in [0.717, 1.165) is 17.7 Å². The van der Waals surface area contributed by atoms with E-state index in [4.69, 9.17) is 26.8 Å². The Morgan fingerprint density at radius 2 is 2.10 bits per heavy atom. The Morgan fingerprint density at radius 1 is 1.29 bits per heavy atom. The Bertz CT molecular complexity index is 644. The fourth-order valence-corrected chi connectivity index (χ4v) is 3.05. The van der Waals surface area contributed by atoms with E-state index in [1.54, 1.807) is 7.11 Å². The van der Waals surface area contributed by atoms with Crippen LogP contribution in [-0.4, -0.2) is 13.7 Å². The number of ether oxygens (including phenoxy) is 2. The topological polar surface area (TPSA) is 44.5 Å². The van der Waals surface area contributed by atoms with E-state index in [9.17, 15) is 0 Å². The van der Waals surface area contributed by atoms with E-state index in [0.29, 0.717) is 17.4 Å². The maximum atomic E-state index is 6.50. The second-order valence-electron chi connectivity index (χ2n) is 5.20. The molecule has 2 aromatic carbocycles. The highest BCUT2D eigenvalue weighted by Crippen LogP contribution is 2.41. The highest BCUT2D eigenvalue weighted by atomic mass is 35.5. The van der Waals surface area contributed by atoms with Crippen molar-refractivity contribution >= 4 is 11.6 Å². The standard InChI is InChI=1S/C17H18ClNO2/c1-20-16-10-11(6-7-14(16)18)17(19)13-8-9-21-15-5-3-2-4-12(13)15/h2-7,10,13,17H,8-9,19H2,1H3. The second kappa shape index (κ2) is 5.96. The lowest BCUT2D eigenvalue weighted by Gasteiger charge is -2.30. The van der Waals surface area contributed by atoms with Gasteiger partial charge in [-0.3, -0.25) is 0 Å². The van der Waals surface area contributed by atoms with Crippen molar-refractivity contribution in [2.45, 2.75) is 18.4 Å². The first-order valence-electron chi connectivity index (χ1n) is 7.01. The van der Waals surface area contributed by atoms with Crippen LogP contribution in [0.15, 0.2) is 42.5 Å². The SMILES string of the molecule is COc1cc(C(N)C2CCOc3ccccc32)ccc1Cl. The van der Waals surface area contributed by atoms with Gasteiger partial charge in [0.05, 0.1) is 18.7 Å². The summed E-state index contributed by atoms with van der Waals surface area (Å²) in [5.74, 6) is 1.83. The molecule has 2 atom stereocenters. The molecule has 1 aliphatic rings. The van der Waals surface area contributed by atoms with E-state index >= 15 is 0 Å². The third-order valence-electron chi connectivity index (χ3n) is 4.00. The quantitative estimate of drug-likeness (QED) is 0.935. The predicted octanol–water partition coefficient (Wildman–Crippen LogP) is 3.91. The van der Waals surface area contributed by atoms with Gasteiger partial charge < -0.3 is 15.2 Å². The molecule has 0 fully saturated rings. The summed E-state index contributed by atoms with van der Waals surface area (Å²) >= 11 is 6.08. The first kappa shape index (κ1) is 14.2. The number of rotatable bonds is 3. The van der Waals surface area contributed by atoms with Crippen LogP contribution in [0.25, 0.3) is 0 Å². The number of methoxy groups -OCH3 is 1. The van der Waals surface area contributed by atoms with Gasteiger partial charge >= 0.3 is 0 Å². The Labute approximate surface area is 129 Å². The number of hydrogen-bond acceptors (Lipinski definition) is 3. The summed E-state index contributed by atoms with van der Waals surface area (Å²) in [6.45, 7) is 0.695. The summed E-state index contributed by atoms with van der Waals surface area (Å²) in [5.41, 5.74) is 8.70. The van der Waals surface area contributed by atoms with Crippen molar-refractivity contribution in [2.24, 2.45) is 5.73 Å². The summed E-state index contributed by atoms with van der Waals surface area (Å²) in [7, 11) is 1.61. The molecule has 0 bridgehead atoms. The summed E-state index contributed by atoms with van der Waals surface area (Å²) in [6.07, 6.45) is 0.906. The molecule has 21 heavy (non-hydrogen) atoms. The molecule has 0 aromatic heterocycles. The van der Waals surface area contributed by atoms with Crippen LogP contribution in [0, 0.1) is 0 Å². The number of halogens is 1. The molecule has 0 saturated carbocycles. The monoisotopic (exact) mass is 303 g/mol. The van der Waals surface area contributed by atoms with Gasteiger partial charge in [0.2, 0.25) is 0 Å². The first-order valence-corrected chi connectivity index (χ1v) is 7.39. The predicted molar refractivity (Wildman–Crippen MR) is 84.2 cm³/mol. The summed E-state index contributed by atoms with van der Waals surface area (Å²) in [4.78, 5) is 0. The molecule has 2 N–H and O–H groups in total. The van der Waals surface area contributed by atoms with Crippen molar-refractivity contribution in [3.05, 3.63) is 58.6 Å². The van der Waals surface area contributed by atoms with Gasteiger partial charge in [0, 0.05) is 12.0 Å². The van der Waals surface area contributed by atoms with Gasteiger partial charge in [-0.2, -0.15) is 0 Å². The van der Waals surface area contributed by atoms with Crippen molar-refractivity contribution in [3.8, 4) is 11.5 Å². The lowest BCUT2D eigenvalue weighted by Crippen LogP contribution is -2.25. The minimum absolute atomic E-state index is 0.110. The Kier molecular flexibility index (Phi) is 4.04. The van der Waals surface area contributed by atoms with Gasteiger partial charge in [-0.25, -0.2) is 0 Å². The Hall–Kier alpha value is -1.71. The zero-order valence-corrected chi connectivity index (χ0v) is 12.6. The lowest BCUT2D eigenvalue weighted by atomic mass is 9.83. The zero-order valence-electron chi connectivity index (χ0n) is 11.9. The molecule has 0 aliphatic carbocycles. The molecule has 3 rings (SSSR count). The highest BCUT2D eigenvalue weighted by Gasteiger charge is 2.27. The van der Waals surface area contributed by atoms with Gasteiger partial charge in [0.25, 0.3) is 0 Å². The molecule has 1 aliphatic heterocycles. The molecule has 3 nitrogen and oxygen atoms in total. The van der Waals surface area contributed by atoms with Crippen molar-refractivity contribution in [1.82, 2.24) is 0 Å². The van der Waals surface area contributed by atoms with Crippen molar-refractivity contribution in [2.75, 3.05) is 13.7 Å². The maximum Gasteiger partial charge on any atom is 0.137 e. The van der Waals surface area contributed by atoms with Crippen LogP contribution >= 0.6 is 11.6 Å². The number of nitrogens with two attached hydrogens (primary N) is 1. The lowest BCUT2D eigenvalue weighted by molar-refractivity contribution is 0.255. The number of benzene rings is 2. The third-order valence-corrected chi connectivity index (χ3v) is 4.31. The van der Waals surface area contributed by atoms with Crippen LogP contribution in [0.1, 0.15) is 29.5 Å². The Morgan fingerprint density at radius 3 is 2.90 bits per heavy atom. The van der Waals surface area contributed by atoms with Crippen LogP contribution in [0.4, 0.5) is 0 Å². The molecule has 110 valence electrons. The molecule has 4 heteroatoms. The van der Waals surface area contributed by atoms with Crippen LogP contribution in [-0.2, 0) is 0 Å². The minimum atomic E-state index is -0.110. The molecule has 0 amide bonds. The molecule has 0 radical (unpaired) electrons. The minimum Gasteiger partial charge on any atom is -0.495 e. The van der Waals surface area contributed by atoms with Gasteiger partial charge in [0.1, 0.15) is 11.5 Å². The molecule has 0 saturated heterocycles. The fourth-order valence-electron chi connectivity index (χ4n) is 2.86. The summed E-state index contributed by atoms with van der Waals surface area (Å²) in [5, 5.41) is 0.598. The van der Waals surface area contributed by atoms with Gasteiger partial charge in [0.15, 0.2) is 0 Å². The smallest absolute Gasteiger partial charge is 0.137 e. The molecule has 2 aromatic rings. The van der Waals surface area contributed by atoms with Gasteiger partial charge in [-0.15, -0.1) is 0 Å². The van der Waals surface area contributed by atoms with Gasteiger partial charge in [-0.1, -0.05) is 35.9 Å². The van der Waals surface area contributed by atoms with Crippen molar-refractivity contribution < 1.29 is 9.47 Å². The summed E-state index contributed by atoms with van der Waals surface area (Å²) in [6, 6.07) is 13.7. The van der Waals surface area contributed by atoms with E-state index in [1.807, 2.05) is 36.4 Å². The fraction of sp³-hybridized carbons (Fsp3) is 0.294. The molecule has 0 spiro atoms. The van der Waals surface area contributed by atoms with Crippen LogP contribution in [0.2, 0.25) is 5.02 Å². The Balaban J connectivity index is 1.94. The van der Waals surface area contributed by atoms with Crippen molar-refractivity contribution in [1.29, 1.82) is 0 Å². The number of hydrogen-bond donors (Lipinski definition) is 1. The normalized spacial score (nSPS) is 18.5. The number of fused-ring (bicyclic) bond motifs is 1. The van der Waals surface area contributed by atoms with Crippen LogP contribution < -0.4 is 15.2 Å². The average molecular weight is 304 g/mol. The first-order chi connectivity index (χ1) is 10.2. The largest absolute Gasteiger partial charge is 0.495 e. The zero-order chi connectivity index (χ0) is 14.8. The highest BCUT2D eigenvalue weighted by molar-refractivity contribution is 6.32. The molecule has 2 unspecified atom stereocenters. The van der Waals surface area contributed by atoms with Gasteiger partial charge in [-0.05, 0) is 35.7 Å². The van der Waals surface area contributed by atoms with E-state index < -0.39 is 0 Å². The van der Waals surface area contributed by atoms with E-state index in [1.165, 1.54) is 5.56 Å². The van der Waals surface area contributed by atoms with Crippen molar-refractivity contribution in [3.63, 3.8) is 0 Å².